The van der Waals surface area contributed by atoms with Gasteiger partial charge in [-0.2, -0.15) is 8.42 Å². The maximum absolute atomic E-state index is 14.2. The Kier molecular flexibility index (Phi) is 11.1. The quantitative estimate of drug-likeness (QED) is 0.240. The number of carbonyl (C=O) groups excluding carboxylic acids is 4. The lowest BCUT2D eigenvalue weighted by Gasteiger charge is -2.30. The van der Waals surface area contributed by atoms with Crippen LogP contribution in [0.4, 0.5) is 4.79 Å². The van der Waals surface area contributed by atoms with Crippen molar-refractivity contribution in [3.05, 3.63) is 40.9 Å². The van der Waals surface area contributed by atoms with Gasteiger partial charge in [-0.3, -0.25) is 13.8 Å². The van der Waals surface area contributed by atoms with E-state index in [4.69, 9.17) is 13.7 Å². The Balaban J connectivity index is 1.41. The van der Waals surface area contributed by atoms with E-state index in [0.29, 0.717) is 23.7 Å². The van der Waals surface area contributed by atoms with Crippen LogP contribution in [0.2, 0.25) is 0 Å². The summed E-state index contributed by atoms with van der Waals surface area (Å²) >= 11 is 3.29. The Morgan fingerprint density at radius 1 is 1.04 bits per heavy atom. The second-order valence-corrected chi connectivity index (χ2v) is 14.9. The number of fused-ring (bicyclic) bond motifs is 2. The number of hydrogen-bond acceptors (Lipinski definition) is 9. The van der Waals surface area contributed by atoms with Crippen molar-refractivity contribution in [2.75, 3.05) is 13.2 Å². The van der Waals surface area contributed by atoms with E-state index in [0.717, 1.165) is 44.9 Å². The average molecular weight is 725 g/mol. The number of ether oxygens (including phenoxy) is 2. The minimum Gasteiger partial charge on any atom is -0.464 e. The SMILES string of the molecule is CCOC(=O)[C@@]12C[C@H]1C=CCCCCC[C@H](NC(=O)OC1CCCC1)C(=O)N1C[C@@H](OS(=O)(=O)c3ccc(Br)cc3)C[C@H]1C(=O)N2. The molecule has 2 aliphatic heterocycles. The number of esters is 1. The van der Waals surface area contributed by atoms with Crippen LogP contribution in [0.15, 0.2) is 45.8 Å². The molecule has 46 heavy (non-hydrogen) atoms. The van der Waals surface area contributed by atoms with Crippen molar-refractivity contribution in [3.63, 3.8) is 0 Å². The van der Waals surface area contributed by atoms with Crippen LogP contribution in [0.1, 0.15) is 77.6 Å². The van der Waals surface area contributed by atoms with Crippen molar-refractivity contribution in [2.45, 2.75) is 112 Å². The third-order valence-corrected chi connectivity index (χ3v) is 11.0. The van der Waals surface area contributed by atoms with Crippen molar-refractivity contribution in [1.82, 2.24) is 15.5 Å². The maximum atomic E-state index is 14.2. The lowest BCUT2D eigenvalue weighted by Crippen LogP contribution is -2.56. The fraction of sp³-hybridized carbons (Fsp3) is 0.625. The van der Waals surface area contributed by atoms with Crippen LogP contribution in [-0.4, -0.2) is 80.2 Å². The van der Waals surface area contributed by atoms with Crippen LogP contribution in [0.25, 0.3) is 0 Å². The van der Waals surface area contributed by atoms with Gasteiger partial charge in [0.15, 0.2) is 0 Å². The van der Waals surface area contributed by atoms with Gasteiger partial charge in [0.2, 0.25) is 11.8 Å². The molecule has 0 spiro atoms. The number of allylic oxidation sites excluding steroid dienone is 1. The number of halogens is 1. The van der Waals surface area contributed by atoms with Crippen molar-refractivity contribution in [3.8, 4) is 0 Å². The van der Waals surface area contributed by atoms with Gasteiger partial charge in [-0.15, -0.1) is 0 Å². The highest BCUT2D eigenvalue weighted by molar-refractivity contribution is 9.10. The van der Waals surface area contributed by atoms with Gasteiger partial charge in [-0.05, 0) is 82.6 Å². The summed E-state index contributed by atoms with van der Waals surface area (Å²) in [7, 11) is -4.24. The number of benzene rings is 1. The van der Waals surface area contributed by atoms with Gasteiger partial charge in [-0.25, -0.2) is 9.59 Å². The topological polar surface area (TPSA) is 157 Å². The molecule has 3 fully saturated rings. The van der Waals surface area contributed by atoms with Crippen LogP contribution in [0.5, 0.6) is 0 Å². The second kappa shape index (κ2) is 14.8. The molecular formula is C32H42BrN3O9S. The van der Waals surface area contributed by atoms with Gasteiger partial charge < -0.3 is 25.0 Å². The Morgan fingerprint density at radius 2 is 1.76 bits per heavy atom. The standard InChI is InChI=1S/C32H42BrN3O9S/c1-2-43-30(39)32-19-21(32)10-6-4-3-5-7-13-26(34-31(40)44-23-11-8-9-12-23)29(38)36-20-24(18-27(36)28(37)35-32)45-46(41,42)25-16-14-22(33)15-17-25/h6,10,14-17,21,23-24,26-27H,2-5,7-9,11-13,18-20H2,1H3,(H,34,40)(H,35,37)/t21-,24+,26+,27+,32-/m1/s1. The van der Waals surface area contributed by atoms with Gasteiger partial charge in [0.05, 0.1) is 17.6 Å². The monoisotopic (exact) mass is 723 g/mol. The molecule has 5 rings (SSSR count). The fourth-order valence-corrected chi connectivity index (χ4v) is 7.89. The van der Waals surface area contributed by atoms with E-state index in [-0.39, 0.29) is 36.5 Å². The number of amides is 3. The smallest absolute Gasteiger partial charge is 0.408 e. The zero-order chi connectivity index (χ0) is 32.9. The van der Waals surface area contributed by atoms with E-state index in [9.17, 15) is 27.6 Å². The summed E-state index contributed by atoms with van der Waals surface area (Å²) in [5, 5.41) is 5.59. The number of hydrogen-bond donors (Lipinski definition) is 2. The summed E-state index contributed by atoms with van der Waals surface area (Å²) < 4.78 is 43.5. The maximum Gasteiger partial charge on any atom is 0.408 e. The zero-order valence-corrected chi connectivity index (χ0v) is 28.4. The van der Waals surface area contributed by atoms with E-state index >= 15 is 0 Å². The second-order valence-electron chi connectivity index (χ2n) is 12.4. The zero-order valence-electron chi connectivity index (χ0n) is 26.0. The first-order chi connectivity index (χ1) is 22.0. The van der Waals surface area contributed by atoms with Gasteiger partial charge >= 0.3 is 12.1 Å². The molecule has 0 radical (unpaired) electrons. The molecule has 2 aliphatic carbocycles. The van der Waals surface area contributed by atoms with Crippen LogP contribution in [-0.2, 0) is 38.2 Å². The molecule has 1 aromatic rings. The largest absolute Gasteiger partial charge is 0.464 e. The van der Waals surface area contributed by atoms with E-state index in [1.807, 2.05) is 12.2 Å². The molecule has 2 saturated carbocycles. The van der Waals surface area contributed by atoms with Crippen LogP contribution < -0.4 is 10.6 Å². The molecule has 0 aromatic heterocycles. The molecule has 1 saturated heterocycles. The first kappa shape index (κ1) is 34.4. The lowest BCUT2D eigenvalue weighted by atomic mass is 10.0. The van der Waals surface area contributed by atoms with Crippen molar-refractivity contribution >= 4 is 49.9 Å². The van der Waals surface area contributed by atoms with Gasteiger partial charge in [-0.1, -0.05) is 40.9 Å². The Labute approximate surface area is 278 Å². The minimum atomic E-state index is -4.24. The number of alkyl carbamates (subject to hydrolysis) is 1. The summed E-state index contributed by atoms with van der Waals surface area (Å²) in [5.74, 6) is -1.98. The highest BCUT2D eigenvalue weighted by Crippen LogP contribution is 2.46. The molecule has 0 bridgehead atoms. The molecule has 1 aromatic carbocycles. The van der Waals surface area contributed by atoms with Crippen molar-refractivity contribution in [2.24, 2.45) is 5.92 Å². The average Bonchev–Trinajstić information content (AvgIpc) is 3.30. The predicted molar refractivity (Wildman–Crippen MR) is 170 cm³/mol. The Morgan fingerprint density at radius 3 is 2.48 bits per heavy atom. The molecule has 12 nitrogen and oxygen atoms in total. The highest BCUT2D eigenvalue weighted by Gasteiger charge is 2.62. The highest BCUT2D eigenvalue weighted by atomic mass is 79.9. The summed E-state index contributed by atoms with van der Waals surface area (Å²) in [6.07, 6.45) is 9.00. The summed E-state index contributed by atoms with van der Waals surface area (Å²) in [6, 6.07) is 3.77. The first-order valence-corrected chi connectivity index (χ1v) is 18.3. The molecule has 4 aliphatic rings. The lowest BCUT2D eigenvalue weighted by molar-refractivity contribution is -0.150. The van der Waals surface area contributed by atoms with Gasteiger partial charge in [0.1, 0.15) is 23.7 Å². The predicted octanol–water partition coefficient (Wildman–Crippen LogP) is 4.12. The Bertz CT molecular complexity index is 1430. The van der Waals surface area contributed by atoms with Crippen LogP contribution in [0, 0.1) is 5.92 Å². The molecule has 2 N–H and O–H groups in total. The number of carbonyl (C=O) groups is 4. The molecular weight excluding hydrogens is 682 g/mol. The summed E-state index contributed by atoms with van der Waals surface area (Å²) in [6.45, 7) is 1.61. The molecule has 0 unspecified atom stereocenters. The van der Waals surface area contributed by atoms with E-state index in [2.05, 4.69) is 26.6 Å². The van der Waals surface area contributed by atoms with Gasteiger partial charge in [0, 0.05) is 23.4 Å². The molecule has 5 atom stereocenters. The van der Waals surface area contributed by atoms with E-state index in [1.54, 1.807) is 19.1 Å². The third kappa shape index (κ3) is 8.11. The first-order valence-electron chi connectivity index (χ1n) is 16.1. The third-order valence-electron chi connectivity index (χ3n) is 9.11. The Hall–Kier alpha value is -2.97. The van der Waals surface area contributed by atoms with E-state index in [1.165, 1.54) is 17.0 Å². The van der Waals surface area contributed by atoms with Crippen LogP contribution in [0.3, 0.4) is 0 Å². The van der Waals surface area contributed by atoms with Crippen molar-refractivity contribution < 1.29 is 41.3 Å². The number of nitrogens with one attached hydrogen (secondary N) is 2. The fourth-order valence-electron chi connectivity index (χ4n) is 6.55. The molecule has 3 amide bonds. The van der Waals surface area contributed by atoms with Crippen molar-refractivity contribution in [1.29, 1.82) is 0 Å². The normalized spacial score (nSPS) is 29.1. The molecule has 14 heteroatoms. The van der Waals surface area contributed by atoms with Gasteiger partial charge in [0.25, 0.3) is 10.1 Å². The van der Waals surface area contributed by atoms with Crippen LogP contribution >= 0.6 is 15.9 Å². The number of rotatable bonds is 7. The minimum absolute atomic E-state index is 0.0704. The molecule has 2 heterocycles. The number of nitrogens with zero attached hydrogens (tertiary/aromatic N) is 1. The summed E-state index contributed by atoms with van der Waals surface area (Å²) in [4.78, 5) is 55.3. The summed E-state index contributed by atoms with van der Waals surface area (Å²) in [5.41, 5.74) is -1.27. The van der Waals surface area contributed by atoms with E-state index < -0.39 is 57.7 Å². The molecule has 252 valence electrons.